The number of hydrogen-bond donors (Lipinski definition) is 1. The van der Waals surface area contributed by atoms with Crippen LogP contribution in [0.5, 0.6) is 5.75 Å². The van der Waals surface area contributed by atoms with E-state index in [9.17, 15) is 14.9 Å². The number of methoxy groups -OCH3 is 1. The van der Waals surface area contributed by atoms with Gasteiger partial charge in [-0.25, -0.2) is 4.99 Å². The van der Waals surface area contributed by atoms with Gasteiger partial charge in [-0.3, -0.25) is 9.59 Å². The van der Waals surface area contributed by atoms with Crippen LogP contribution in [0.15, 0.2) is 57.4 Å². The molecule has 2 atom stereocenters. The second-order valence-corrected chi connectivity index (χ2v) is 9.23. The third kappa shape index (κ3) is 4.58. The largest absolute Gasteiger partial charge is 0.497 e. The lowest BCUT2D eigenvalue weighted by Crippen LogP contribution is -2.36. The zero-order valence-electron chi connectivity index (χ0n) is 17.0. The molecule has 1 amide bonds. The molecule has 1 aromatic heterocycles. The van der Waals surface area contributed by atoms with Crippen molar-refractivity contribution in [3.05, 3.63) is 57.3 Å². The molecule has 0 bridgehead atoms. The van der Waals surface area contributed by atoms with E-state index in [1.54, 1.807) is 42.7 Å². The van der Waals surface area contributed by atoms with Gasteiger partial charge in [-0.15, -0.1) is 11.3 Å². The number of nitriles is 1. The molecule has 2 aromatic rings. The van der Waals surface area contributed by atoms with Gasteiger partial charge < -0.3 is 10.1 Å². The van der Waals surface area contributed by atoms with E-state index >= 15 is 0 Å². The number of fused-ring (bicyclic) bond motifs is 1. The number of ketones is 1. The molecule has 31 heavy (non-hydrogen) atoms. The zero-order chi connectivity index (χ0) is 21.8. The zero-order valence-corrected chi connectivity index (χ0v) is 18.6. The third-order valence-corrected chi connectivity index (χ3v) is 7.31. The number of aliphatic imine (C=N–C) groups is 1. The Labute approximate surface area is 189 Å². The quantitative estimate of drug-likeness (QED) is 0.683. The third-order valence-electron chi connectivity index (χ3n) is 5.37. The highest BCUT2D eigenvalue weighted by atomic mass is 32.2. The molecule has 2 aliphatic rings. The number of carbonyl (C=O) groups excluding carboxylic acids is 2. The summed E-state index contributed by atoms with van der Waals surface area (Å²) in [5.41, 5.74) is 1.99. The maximum Gasteiger partial charge on any atom is 0.234 e. The molecular weight excluding hydrogens is 430 g/mol. The average molecular weight is 452 g/mol. The number of nitrogens with one attached hydrogen (secondary N) is 1. The molecule has 6 nitrogen and oxygen atoms in total. The summed E-state index contributed by atoms with van der Waals surface area (Å²) >= 11 is 2.80. The highest BCUT2D eigenvalue weighted by molar-refractivity contribution is 8.03. The van der Waals surface area contributed by atoms with Crippen LogP contribution in [0.4, 0.5) is 5.69 Å². The standard InChI is InChI=1S/C23H21N3O3S2/c1-29-15-9-7-14(8-10-15)25-20(28)13-31-23-16(12-24)21(19-6-3-11-30-19)22-17(26-23)4-2-5-18(22)27/h3,6-11,21-22H,2,4-5,13H2,1H3,(H,25,28)/t21-,22+/m0/s1. The number of amides is 1. The van der Waals surface area contributed by atoms with E-state index in [-0.39, 0.29) is 29.3 Å². The minimum atomic E-state index is -0.362. The Morgan fingerprint density at radius 1 is 1.29 bits per heavy atom. The Morgan fingerprint density at radius 3 is 2.77 bits per heavy atom. The molecule has 1 aliphatic heterocycles. The minimum absolute atomic E-state index is 0.124. The summed E-state index contributed by atoms with van der Waals surface area (Å²) < 4.78 is 5.13. The monoisotopic (exact) mass is 451 g/mol. The first kappa shape index (κ1) is 21.3. The topological polar surface area (TPSA) is 91.5 Å². The predicted octanol–water partition coefficient (Wildman–Crippen LogP) is 4.77. The highest BCUT2D eigenvalue weighted by Crippen LogP contribution is 2.46. The fourth-order valence-corrected chi connectivity index (χ4v) is 5.66. The van der Waals surface area contributed by atoms with Crippen LogP contribution in [0.1, 0.15) is 30.1 Å². The summed E-state index contributed by atoms with van der Waals surface area (Å²) in [5, 5.41) is 15.3. The van der Waals surface area contributed by atoms with E-state index in [0.717, 1.165) is 23.4 Å². The van der Waals surface area contributed by atoms with Crippen molar-refractivity contribution < 1.29 is 14.3 Å². The Morgan fingerprint density at radius 2 is 2.10 bits per heavy atom. The van der Waals surface area contributed by atoms with Crippen LogP contribution in [-0.2, 0) is 9.59 Å². The van der Waals surface area contributed by atoms with Crippen LogP contribution in [0.2, 0.25) is 0 Å². The molecule has 1 fully saturated rings. The van der Waals surface area contributed by atoms with Gasteiger partial charge in [0.2, 0.25) is 5.91 Å². The highest BCUT2D eigenvalue weighted by Gasteiger charge is 2.42. The van der Waals surface area contributed by atoms with Gasteiger partial charge in [-0.1, -0.05) is 17.8 Å². The molecule has 1 aliphatic carbocycles. The first-order valence-electron chi connectivity index (χ1n) is 9.95. The van der Waals surface area contributed by atoms with E-state index in [1.165, 1.54) is 11.8 Å². The van der Waals surface area contributed by atoms with Crippen molar-refractivity contribution in [2.45, 2.75) is 25.2 Å². The SMILES string of the molecule is COc1ccc(NC(=O)CSC2=C(C#N)[C@@H](c3cccs3)[C@H]3C(=O)CCCC3=N2)cc1. The average Bonchev–Trinajstić information content (AvgIpc) is 3.32. The second kappa shape index (κ2) is 9.50. The van der Waals surface area contributed by atoms with Crippen LogP contribution in [0, 0.1) is 17.2 Å². The van der Waals surface area contributed by atoms with Crippen LogP contribution in [-0.4, -0.2) is 30.3 Å². The first-order valence-corrected chi connectivity index (χ1v) is 11.8. The number of rotatable bonds is 6. The maximum absolute atomic E-state index is 12.7. The molecule has 0 spiro atoms. The van der Waals surface area contributed by atoms with E-state index < -0.39 is 0 Å². The maximum atomic E-state index is 12.7. The van der Waals surface area contributed by atoms with Crippen molar-refractivity contribution in [1.82, 2.24) is 0 Å². The number of ether oxygens (including phenoxy) is 1. The number of hydrogen-bond acceptors (Lipinski definition) is 7. The van der Waals surface area contributed by atoms with E-state index in [1.807, 2.05) is 17.5 Å². The lowest BCUT2D eigenvalue weighted by molar-refractivity contribution is -0.122. The summed E-state index contributed by atoms with van der Waals surface area (Å²) in [6.45, 7) is 0. The van der Waals surface area contributed by atoms with Gasteiger partial charge >= 0.3 is 0 Å². The number of anilines is 1. The molecule has 0 radical (unpaired) electrons. The van der Waals surface area contributed by atoms with E-state index in [0.29, 0.717) is 28.5 Å². The number of thioether (sulfide) groups is 1. The van der Waals surface area contributed by atoms with Gasteiger partial charge in [-0.05, 0) is 48.6 Å². The van der Waals surface area contributed by atoms with Gasteiger partial charge in [0.25, 0.3) is 0 Å². The minimum Gasteiger partial charge on any atom is -0.497 e. The fraction of sp³-hybridized carbons (Fsp3) is 0.304. The van der Waals surface area contributed by atoms with Crippen molar-refractivity contribution >= 4 is 46.2 Å². The van der Waals surface area contributed by atoms with Gasteiger partial charge in [0.05, 0.1) is 30.4 Å². The van der Waals surface area contributed by atoms with Gasteiger partial charge in [0.15, 0.2) is 0 Å². The molecule has 1 N–H and O–H groups in total. The van der Waals surface area contributed by atoms with Crippen molar-refractivity contribution in [2.75, 3.05) is 18.2 Å². The Bertz CT molecular complexity index is 1080. The number of allylic oxidation sites excluding steroid dienone is 1. The van der Waals surface area contributed by atoms with Crippen molar-refractivity contribution in [2.24, 2.45) is 10.9 Å². The lowest BCUT2D eigenvalue weighted by atomic mass is 9.73. The van der Waals surface area contributed by atoms with Crippen LogP contribution >= 0.6 is 23.1 Å². The van der Waals surface area contributed by atoms with Crippen LogP contribution < -0.4 is 10.1 Å². The smallest absolute Gasteiger partial charge is 0.234 e. The van der Waals surface area contributed by atoms with Gasteiger partial charge in [0, 0.05) is 28.6 Å². The Hall–Kier alpha value is -2.89. The van der Waals surface area contributed by atoms with Crippen molar-refractivity contribution in [3.63, 3.8) is 0 Å². The van der Waals surface area contributed by atoms with Crippen LogP contribution in [0.3, 0.4) is 0 Å². The Kier molecular flexibility index (Phi) is 6.54. The van der Waals surface area contributed by atoms with Crippen molar-refractivity contribution in [3.8, 4) is 11.8 Å². The molecule has 1 saturated carbocycles. The number of carbonyl (C=O) groups is 2. The molecule has 2 heterocycles. The van der Waals surface area contributed by atoms with Gasteiger partial charge in [-0.2, -0.15) is 5.26 Å². The Balaban J connectivity index is 1.54. The summed E-state index contributed by atoms with van der Waals surface area (Å²) in [4.78, 5) is 30.9. The van der Waals surface area contributed by atoms with Crippen molar-refractivity contribution in [1.29, 1.82) is 5.26 Å². The molecule has 8 heteroatoms. The molecular formula is C23H21N3O3S2. The molecule has 0 saturated heterocycles. The number of thiophene rings is 1. The van der Waals surface area contributed by atoms with Gasteiger partial charge in [0.1, 0.15) is 16.6 Å². The number of nitrogens with zero attached hydrogens (tertiary/aromatic N) is 2. The number of Topliss-reactive ketones (excluding diaryl/α,β-unsaturated/α-hetero) is 1. The first-order chi connectivity index (χ1) is 15.1. The summed E-state index contributed by atoms with van der Waals surface area (Å²) in [7, 11) is 1.59. The fourth-order valence-electron chi connectivity index (χ4n) is 3.94. The summed E-state index contributed by atoms with van der Waals surface area (Å²) in [6, 6.07) is 13.3. The second-order valence-electron chi connectivity index (χ2n) is 7.29. The molecule has 158 valence electrons. The predicted molar refractivity (Wildman–Crippen MR) is 124 cm³/mol. The van der Waals surface area contributed by atoms with E-state index in [2.05, 4.69) is 11.4 Å². The summed E-state index contributed by atoms with van der Waals surface area (Å²) in [5.74, 6) is 0.133. The lowest BCUT2D eigenvalue weighted by Gasteiger charge is -2.33. The molecule has 0 unspecified atom stereocenters. The van der Waals surface area contributed by atoms with E-state index in [4.69, 9.17) is 9.73 Å². The van der Waals surface area contributed by atoms with Crippen LogP contribution in [0.25, 0.3) is 0 Å². The summed E-state index contributed by atoms with van der Waals surface area (Å²) in [6.07, 6.45) is 2.05. The normalized spacial score (nSPS) is 20.5. The number of benzene rings is 1. The molecule has 1 aromatic carbocycles. The molecule has 4 rings (SSSR count).